The van der Waals surface area contributed by atoms with Crippen molar-refractivity contribution in [3.63, 3.8) is 0 Å². The molecule has 0 amide bonds. The number of pyridine rings is 1. The Hall–Kier alpha value is -1.29. The van der Waals surface area contributed by atoms with Crippen molar-refractivity contribution in [1.29, 1.82) is 5.26 Å². The van der Waals surface area contributed by atoms with E-state index in [4.69, 9.17) is 5.26 Å². The van der Waals surface area contributed by atoms with Gasteiger partial charge in [-0.15, -0.1) is 0 Å². The second-order valence-corrected chi connectivity index (χ2v) is 3.20. The molecule has 0 bridgehead atoms. The number of nitriles is 1. The van der Waals surface area contributed by atoms with Crippen molar-refractivity contribution < 1.29 is 13.2 Å². The summed E-state index contributed by atoms with van der Waals surface area (Å²) in [6.45, 7) is 0. The first kappa shape index (κ1) is 10.8. The minimum absolute atomic E-state index is 0.360. The van der Waals surface area contributed by atoms with Gasteiger partial charge in [0.25, 0.3) is 5.56 Å². The lowest BCUT2D eigenvalue weighted by Crippen LogP contribution is -2.19. The zero-order chi connectivity index (χ0) is 10.9. The molecular weight excluding hydrogens is 265 g/mol. The summed E-state index contributed by atoms with van der Waals surface area (Å²) in [4.78, 5) is 12.5. The first-order valence-electron chi connectivity index (χ1n) is 3.26. The van der Waals surface area contributed by atoms with Crippen LogP contribution in [0.3, 0.4) is 0 Å². The Morgan fingerprint density at radius 1 is 1.50 bits per heavy atom. The van der Waals surface area contributed by atoms with Crippen LogP contribution in [0.5, 0.6) is 0 Å². The monoisotopic (exact) mass is 266 g/mol. The van der Waals surface area contributed by atoms with Crippen molar-refractivity contribution in [1.82, 2.24) is 4.98 Å². The molecular formula is C7H2BrF3N2O. The van der Waals surface area contributed by atoms with Gasteiger partial charge < -0.3 is 4.98 Å². The van der Waals surface area contributed by atoms with E-state index in [2.05, 4.69) is 15.9 Å². The molecule has 0 unspecified atom stereocenters. The predicted molar refractivity (Wildman–Crippen MR) is 44.5 cm³/mol. The molecule has 0 aromatic carbocycles. The standard InChI is InChI=1S/C7H2BrF3N2O/c8-4-1-3(2-12)6(14)13-5(4)7(9,10)11/h1H,(H,13,14). The molecule has 0 spiro atoms. The summed E-state index contributed by atoms with van der Waals surface area (Å²) in [6, 6.07) is 2.31. The Balaban J connectivity index is 3.47. The highest BCUT2D eigenvalue weighted by Gasteiger charge is 2.34. The van der Waals surface area contributed by atoms with E-state index in [1.165, 1.54) is 6.07 Å². The molecule has 0 aliphatic rings. The molecule has 1 aromatic heterocycles. The van der Waals surface area contributed by atoms with E-state index in [-0.39, 0.29) is 10.0 Å². The van der Waals surface area contributed by atoms with E-state index in [0.717, 1.165) is 6.07 Å². The number of aromatic amines is 1. The second kappa shape index (κ2) is 3.46. The second-order valence-electron chi connectivity index (χ2n) is 2.34. The van der Waals surface area contributed by atoms with E-state index < -0.39 is 17.4 Å². The summed E-state index contributed by atoms with van der Waals surface area (Å²) in [7, 11) is 0. The van der Waals surface area contributed by atoms with Crippen LogP contribution in [0.1, 0.15) is 11.3 Å². The van der Waals surface area contributed by atoms with Gasteiger partial charge in [0, 0.05) is 4.47 Å². The Bertz CT molecular complexity index is 457. The summed E-state index contributed by atoms with van der Waals surface area (Å²) in [5.41, 5.74) is -2.62. The number of rotatable bonds is 0. The average molecular weight is 267 g/mol. The van der Waals surface area contributed by atoms with Crippen LogP contribution in [0, 0.1) is 11.3 Å². The predicted octanol–water partition coefficient (Wildman–Crippen LogP) is 2.03. The quantitative estimate of drug-likeness (QED) is 0.781. The van der Waals surface area contributed by atoms with Crippen LogP contribution in [0.15, 0.2) is 15.3 Å². The van der Waals surface area contributed by atoms with Crippen LogP contribution in [0.25, 0.3) is 0 Å². The smallest absolute Gasteiger partial charge is 0.316 e. The fourth-order valence-electron chi connectivity index (χ4n) is 0.794. The Morgan fingerprint density at radius 2 is 2.07 bits per heavy atom. The zero-order valence-electron chi connectivity index (χ0n) is 6.44. The third kappa shape index (κ3) is 1.96. The summed E-state index contributed by atoms with van der Waals surface area (Å²) >= 11 is 2.62. The number of hydrogen-bond acceptors (Lipinski definition) is 2. The normalized spacial score (nSPS) is 11.1. The summed E-state index contributed by atoms with van der Waals surface area (Å²) in [5, 5.41) is 8.36. The van der Waals surface area contributed by atoms with Gasteiger partial charge in [0.2, 0.25) is 0 Å². The van der Waals surface area contributed by atoms with Gasteiger partial charge in [-0.2, -0.15) is 18.4 Å². The van der Waals surface area contributed by atoms with Gasteiger partial charge in [0.15, 0.2) is 0 Å². The van der Waals surface area contributed by atoms with E-state index in [1.54, 1.807) is 4.98 Å². The van der Waals surface area contributed by atoms with Crippen LogP contribution in [-0.2, 0) is 6.18 Å². The van der Waals surface area contributed by atoms with Crippen molar-refractivity contribution in [2.45, 2.75) is 6.18 Å². The molecule has 3 nitrogen and oxygen atoms in total. The summed E-state index contributed by atoms with van der Waals surface area (Å²) in [6.07, 6.45) is -4.65. The number of alkyl halides is 3. The molecule has 0 radical (unpaired) electrons. The number of hydrogen-bond donors (Lipinski definition) is 1. The maximum absolute atomic E-state index is 12.2. The third-order valence-electron chi connectivity index (χ3n) is 1.40. The van der Waals surface area contributed by atoms with E-state index in [0.29, 0.717) is 0 Å². The van der Waals surface area contributed by atoms with Gasteiger partial charge in [0.1, 0.15) is 17.3 Å². The van der Waals surface area contributed by atoms with E-state index in [1.807, 2.05) is 0 Å². The first-order valence-corrected chi connectivity index (χ1v) is 4.05. The average Bonchev–Trinajstić information content (AvgIpc) is 2.06. The van der Waals surface area contributed by atoms with E-state index >= 15 is 0 Å². The van der Waals surface area contributed by atoms with Gasteiger partial charge in [-0.05, 0) is 22.0 Å². The number of nitrogens with one attached hydrogen (secondary N) is 1. The molecule has 1 aromatic rings. The topological polar surface area (TPSA) is 56.6 Å². The molecule has 1 heterocycles. The Kier molecular flexibility index (Phi) is 2.66. The molecule has 74 valence electrons. The van der Waals surface area contributed by atoms with Crippen LogP contribution >= 0.6 is 15.9 Å². The van der Waals surface area contributed by atoms with Crippen molar-refractivity contribution >= 4 is 15.9 Å². The lowest BCUT2D eigenvalue weighted by Gasteiger charge is -2.07. The molecule has 1 N–H and O–H groups in total. The minimum atomic E-state index is -4.65. The van der Waals surface area contributed by atoms with Crippen molar-refractivity contribution in [2.75, 3.05) is 0 Å². The lowest BCUT2D eigenvalue weighted by atomic mass is 10.2. The van der Waals surface area contributed by atoms with Gasteiger partial charge in [-0.25, -0.2) is 0 Å². The molecule has 14 heavy (non-hydrogen) atoms. The van der Waals surface area contributed by atoms with Crippen LogP contribution in [0.2, 0.25) is 0 Å². The minimum Gasteiger partial charge on any atom is -0.316 e. The summed E-state index contributed by atoms with van der Waals surface area (Å²) in [5.74, 6) is 0. The van der Waals surface area contributed by atoms with E-state index in [9.17, 15) is 18.0 Å². The van der Waals surface area contributed by atoms with Gasteiger partial charge in [-0.3, -0.25) is 4.79 Å². The van der Waals surface area contributed by atoms with Crippen LogP contribution in [-0.4, -0.2) is 4.98 Å². The fourth-order valence-corrected chi connectivity index (χ4v) is 1.35. The Morgan fingerprint density at radius 3 is 2.50 bits per heavy atom. The third-order valence-corrected chi connectivity index (χ3v) is 2.02. The maximum atomic E-state index is 12.2. The highest BCUT2D eigenvalue weighted by molar-refractivity contribution is 9.10. The lowest BCUT2D eigenvalue weighted by molar-refractivity contribution is -0.141. The molecule has 0 saturated heterocycles. The van der Waals surface area contributed by atoms with Crippen LogP contribution in [0.4, 0.5) is 13.2 Å². The van der Waals surface area contributed by atoms with Crippen molar-refractivity contribution in [2.24, 2.45) is 0 Å². The number of aromatic nitrogens is 1. The highest BCUT2D eigenvalue weighted by Crippen LogP contribution is 2.32. The molecule has 1 rings (SSSR count). The molecule has 7 heteroatoms. The van der Waals surface area contributed by atoms with Crippen molar-refractivity contribution in [3.05, 3.63) is 32.2 Å². The first-order chi connectivity index (χ1) is 6.36. The largest absolute Gasteiger partial charge is 0.432 e. The molecule has 0 fully saturated rings. The number of H-pyrrole nitrogens is 1. The highest BCUT2D eigenvalue weighted by atomic mass is 79.9. The van der Waals surface area contributed by atoms with Crippen LogP contribution < -0.4 is 5.56 Å². The van der Waals surface area contributed by atoms with Gasteiger partial charge in [0.05, 0.1) is 0 Å². The van der Waals surface area contributed by atoms with Gasteiger partial charge >= 0.3 is 6.18 Å². The maximum Gasteiger partial charge on any atom is 0.432 e. The van der Waals surface area contributed by atoms with Gasteiger partial charge in [-0.1, -0.05) is 0 Å². The number of halogens is 4. The van der Waals surface area contributed by atoms with Crippen molar-refractivity contribution in [3.8, 4) is 6.07 Å². The molecule has 0 aliphatic carbocycles. The SMILES string of the molecule is N#Cc1cc(Br)c(C(F)(F)F)[nH]c1=O. The number of nitrogens with zero attached hydrogens (tertiary/aromatic N) is 1. The molecule has 0 atom stereocenters. The fraction of sp³-hybridized carbons (Fsp3) is 0.143. The molecule has 0 saturated carbocycles. The summed E-state index contributed by atoms with van der Waals surface area (Å²) < 4.78 is 36.2. The molecule has 0 aliphatic heterocycles. The zero-order valence-corrected chi connectivity index (χ0v) is 8.03. The Labute approximate surface area is 84.3 Å².